The van der Waals surface area contributed by atoms with E-state index in [2.05, 4.69) is 15.3 Å². The highest BCUT2D eigenvalue weighted by Gasteiger charge is 2.35. The van der Waals surface area contributed by atoms with Crippen molar-refractivity contribution in [3.05, 3.63) is 33.2 Å². The summed E-state index contributed by atoms with van der Waals surface area (Å²) in [6.07, 6.45) is 2.05. The molecule has 2 aromatic rings. The zero-order valence-corrected chi connectivity index (χ0v) is 25.0. The van der Waals surface area contributed by atoms with Crippen molar-refractivity contribution in [3.8, 4) is 10.7 Å². The van der Waals surface area contributed by atoms with Crippen LogP contribution in [0, 0.1) is 0 Å². The lowest BCUT2D eigenvalue weighted by Gasteiger charge is -2.28. The van der Waals surface area contributed by atoms with Gasteiger partial charge in [0.1, 0.15) is 22.1 Å². The van der Waals surface area contributed by atoms with Gasteiger partial charge in [0, 0.05) is 41.4 Å². The Morgan fingerprint density at radius 2 is 1.82 bits per heavy atom. The number of Topliss-reactive ketones (excluding diaryl/α,β-unsaturated/α-hetero) is 2. The second-order valence-electron chi connectivity index (χ2n) is 11.1. The van der Waals surface area contributed by atoms with Crippen molar-refractivity contribution in [2.75, 3.05) is 0 Å². The molecule has 1 saturated heterocycles. The number of carboxylic acids is 1. The number of aromatic nitrogens is 2. The van der Waals surface area contributed by atoms with Crippen molar-refractivity contribution in [1.82, 2.24) is 20.2 Å². The third-order valence-electron chi connectivity index (χ3n) is 6.06. The zero-order valence-electron chi connectivity index (χ0n) is 23.4. The van der Waals surface area contributed by atoms with Gasteiger partial charge in [0.2, 0.25) is 5.91 Å². The number of nitrogens with zero attached hydrogens (tertiary/aromatic N) is 3. The molecule has 0 saturated carbocycles. The molecule has 0 radical (unpaired) electrons. The average molecular weight is 591 g/mol. The van der Waals surface area contributed by atoms with Gasteiger partial charge in [-0.1, -0.05) is 0 Å². The molecule has 0 aromatic carbocycles. The number of thiazole rings is 2. The number of carboxylic acid groups (broad SMARTS) is 1. The topological polar surface area (TPSA) is 156 Å². The first-order valence-corrected chi connectivity index (χ1v) is 14.5. The van der Waals surface area contributed by atoms with Gasteiger partial charge in [-0.2, -0.15) is 0 Å². The lowest BCUT2D eigenvalue weighted by Crippen LogP contribution is -2.50. The standard InChI is InChI=1S/C27H34N4O7S2/c1-15-7-8-16(31(15)25(37)38-26(2,3)4)11-21(34)30-27(5,6)20(33)12-17(32)9-10-22-28-18(13-39-22)23-29-19(14-40-23)24(35)36/h11,13-15H,7-10,12H2,1-6H3,(H,30,34)(H,35,36)/b16-11-/t15-/m0/s1. The molecule has 2 N–H and O–H groups in total. The number of allylic oxidation sites excluding steroid dienone is 1. The SMILES string of the molecule is C[C@H]1CC/C(=C/C(=O)NC(C)(C)C(=O)CC(=O)CCc2nc(-c3nc(C(=O)O)cs3)cs2)N1C(=O)OC(C)(C)C. The molecular formula is C27H34N4O7S2. The maximum absolute atomic E-state index is 12.9. The van der Waals surface area contributed by atoms with Crippen molar-refractivity contribution in [2.45, 2.75) is 90.8 Å². The van der Waals surface area contributed by atoms with Gasteiger partial charge in [-0.15, -0.1) is 22.7 Å². The van der Waals surface area contributed by atoms with E-state index in [1.807, 2.05) is 6.92 Å². The van der Waals surface area contributed by atoms with Crippen LogP contribution < -0.4 is 5.32 Å². The van der Waals surface area contributed by atoms with Gasteiger partial charge in [0.15, 0.2) is 11.5 Å². The van der Waals surface area contributed by atoms with Crippen LogP contribution in [0.25, 0.3) is 10.7 Å². The molecule has 13 heteroatoms. The molecule has 0 unspecified atom stereocenters. The number of aromatic carboxylic acids is 1. The summed E-state index contributed by atoms with van der Waals surface area (Å²) in [6.45, 7) is 10.3. The zero-order chi connectivity index (χ0) is 29.8. The molecule has 0 bridgehead atoms. The summed E-state index contributed by atoms with van der Waals surface area (Å²) in [5.74, 6) is -2.37. The molecule has 0 spiro atoms. The molecule has 2 aromatic heterocycles. The highest BCUT2D eigenvalue weighted by molar-refractivity contribution is 7.14. The van der Waals surface area contributed by atoms with Crippen LogP contribution in [0.15, 0.2) is 22.5 Å². The van der Waals surface area contributed by atoms with Gasteiger partial charge in [0.05, 0.1) is 17.0 Å². The molecule has 1 fully saturated rings. The second-order valence-corrected chi connectivity index (χ2v) is 12.9. The molecule has 2 amide bonds. The Balaban J connectivity index is 1.53. The first-order chi connectivity index (χ1) is 18.6. The fourth-order valence-corrected chi connectivity index (χ4v) is 5.56. The van der Waals surface area contributed by atoms with Crippen LogP contribution in [0.5, 0.6) is 0 Å². The molecule has 1 aliphatic rings. The number of carbonyl (C=O) groups excluding carboxylic acids is 4. The molecule has 0 aliphatic carbocycles. The fourth-order valence-electron chi connectivity index (χ4n) is 3.95. The Kier molecular flexibility index (Phi) is 9.62. The third-order valence-corrected chi connectivity index (χ3v) is 7.83. The predicted octanol–water partition coefficient (Wildman–Crippen LogP) is 4.62. The minimum atomic E-state index is -1.30. The third kappa shape index (κ3) is 8.28. The summed E-state index contributed by atoms with van der Waals surface area (Å²) >= 11 is 2.50. The summed E-state index contributed by atoms with van der Waals surface area (Å²) in [7, 11) is 0. The maximum atomic E-state index is 12.9. The number of ketones is 2. The Hall–Kier alpha value is -3.45. The minimum absolute atomic E-state index is 0.0488. The van der Waals surface area contributed by atoms with E-state index in [0.29, 0.717) is 40.7 Å². The first kappa shape index (κ1) is 31.1. The van der Waals surface area contributed by atoms with Crippen molar-refractivity contribution < 1.29 is 33.8 Å². The van der Waals surface area contributed by atoms with E-state index >= 15 is 0 Å². The van der Waals surface area contributed by atoms with Crippen molar-refractivity contribution in [3.63, 3.8) is 0 Å². The molecule has 40 heavy (non-hydrogen) atoms. The van der Waals surface area contributed by atoms with Crippen LogP contribution in [-0.2, 0) is 25.5 Å². The molecular weight excluding hydrogens is 556 g/mol. The van der Waals surface area contributed by atoms with Crippen molar-refractivity contribution in [1.29, 1.82) is 0 Å². The Bertz CT molecular complexity index is 1340. The van der Waals surface area contributed by atoms with E-state index in [1.54, 1.807) is 26.2 Å². The van der Waals surface area contributed by atoms with Crippen LogP contribution in [-0.4, -0.2) is 66.7 Å². The first-order valence-electron chi connectivity index (χ1n) is 12.8. The number of amides is 2. The summed E-state index contributed by atoms with van der Waals surface area (Å²) in [5, 5.41) is 16.0. The fraction of sp³-hybridized carbons (Fsp3) is 0.519. The number of likely N-dealkylation sites (tertiary alicyclic amines) is 1. The minimum Gasteiger partial charge on any atom is -0.476 e. The van der Waals surface area contributed by atoms with E-state index < -0.39 is 34.9 Å². The van der Waals surface area contributed by atoms with Gasteiger partial charge in [-0.3, -0.25) is 19.3 Å². The summed E-state index contributed by atoms with van der Waals surface area (Å²) in [5.41, 5.74) is -0.971. The number of hydrogen-bond acceptors (Lipinski definition) is 10. The Morgan fingerprint density at radius 3 is 2.45 bits per heavy atom. The number of rotatable bonds is 10. The van der Waals surface area contributed by atoms with E-state index in [0.717, 1.165) is 0 Å². The van der Waals surface area contributed by atoms with Crippen molar-refractivity contribution in [2.24, 2.45) is 0 Å². The molecule has 1 atom stereocenters. The van der Waals surface area contributed by atoms with Gasteiger partial charge in [-0.05, 0) is 54.4 Å². The summed E-state index contributed by atoms with van der Waals surface area (Å²) < 4.78 is 5.47. The number of ether oxygens (including phenoxy) is 1. The van der Waals surface area contributed by atoms with E-state index in [1.165, 1.54) is 52.9 Å². The van der Waals surface area contributed by atoms with E-state index in [4.69, 9.17) is 9.84 Å². The highest BCUT2D eigenvalue weighted by Crippen LogP contribution is 2.29. The van der Waals surface area contributed by atoms with Gasteiger partial charge in [0.25, 0.3) is 0 Å². The van der Waals surface area contributed by atoms with Gasteiger partial charge in [-0.25, -0.2) is 19.6 Å². The monoisotopic (exact) mass is 590 g/mol. The summed E-state index contributed by atoms with van der Waals surface area (Å²) in [4.78, 5) is 71.8. The normalized spacial score (nSPS) is 16.7. The highest BCUT2D eigenvalue weighted by atomic mass is 32.1. The molecule has 1 aliphatic heterocycles. The van der Waals surface area contributed by atoms with Gasteiger partial charge < -0.3 is 15.2 Å². The lowest BCUT2D eigenvalue weighted by atomic mass is 9.94. The number of carbonyl (C=O) groups is 5. The molecule has 11 nitrogen and oxygen atoms in total. The van der Waals surface area contributed by atoms with Crippen LogP contribution in [0.2, 0.25) is 0 Å². The van der Waals surface area contributed by atoms with Gasteiger partial charge >= 0.3 is 12.1 Å². The molecule has 3 rings (SSSR count). The molecule has 216 valence electrons. The number of aryl methyl sites for hydroxylation is 1. The van der Waals surface area contributed by atoms with Crippen molar-refractivity contribution >= 4 is 52.2 Å². The number of hydrogen-bond donors (Lipinski definition) is 2. The van der Waals surface area contributed by atoms with Crippen LogP contribution in [0.3, 0.4) is 0 Å². The van der Waals surface area contributed by atoms with Crippen LogP contribution >= 0.6 is 22.7 Å². The summed E-state index contributed by atoms with van der Waals surface area (Å²) in [6, 6.07) is -0.126. The second kappa shape index (κ2) is 12.4. The van der Waals surface area contributed by atoms with Crippen LogP contribution in [0.1, 0.15) is 82.7 Å². The average Bonchev–Trinajstić information content (AvgIpc) is 3.56. The number of nitrogens with one attached hydrogen (secondary N) is 1. The largest absolute Gasteiger partial charge is 0.476 e. The Labute approximate surface area is 240 Å². The maximum Gasteiger partial charge on any atom is 0.414 e. The smallest absolute Gasteiger partial charge is 0.414 e. The predicted molar refractivity (Wildman–Crippen MR) is 150 cm³/mol. The van der Waals surface area contributed by atoms with E-state index in [-0.39, 0.29) is 30.4 Å². The lowest BCUT2D eigenvalue weighted by molar-refractivity contribution is -0.133. The van der Waals surface area contributed by atoms with Crippen LogP contribution in [0.4, 0.5) is 4.79 Å². The van der Waals surface area contributed by atoms with E-state index in [9.17, 15) is 24.0 Å². The quantitative estimate of drug-likeness (QED) is 0.298. The Morgan fingerprint density at radius 1 is 1.12 bits per heavy atom. The molecule has 3 heterocycles.